The summed E-state index contributed by atoms with van der Waals surface area (Å²) in [6.07, 6.45) is 0.473. The summed E-state index contributed by atoms with van der Waals surface area (Å²) in [5.74, 6) is 0.0399. The van der Waals surface area contributed by atoms with Gasteiger partial charge in [-0.2, -0.15) is 0 Å². The van der Waals surface area contributed by atoms with Gasteiger partial charge in [0.15, 0.2) is 9.84 Å². The minimum atomic E-state index is -3.27. The van der Waals surface area contributed by atoms with E-state index in [9.17, 15) is 8.42 Å². The van der Waals surface area contributed by atoms with Gasteiger partial charge in [0.05, 0.1) is 16.8 Å². The molecule has 0 amide bonds. The number of halogens is 1. The van der Waals surface area contributed by atoms with Crippen molar-refractivity contribution in [3.8, 4) is 0 Å². The van der Waals surface area contributed by atoms with Gasteiger partial charge in [0.25, 0.3) is 0 Å². The molecule has 90 valence electrons. The summed E-state index contributed by atoms with van der Waals surface area (Å²) in [4.78, 5) is 0.241. The van der Waals surface area contributed by atoms with E-state index in [4.69, 9.17) is 16.7 Å². The summed E-state index contributed by atoms with van der Waals surface area (Å²) >= 11 is 5.73. The first kappa shape index (κ1) is 13.5. The van der Waals surface area contributed by atoms with Gasteiger partial charge < -0.3 is 5.11 Å². The van der Waals surface area contributed by atoms with Crippen molar-refractivity contribution in [3.63, 3.8) is 0 Å². The second kappa shape index (κ2) is 5.66. The summed E-state index contributed by atoms with van der Waals surface area (Å²) in [7, 11) is -3.27. The van der Waals surface area contributed by atoms with E-state index in [1.54, 1.807) is 19.1 Å². The van der Waals surface area contributed by atoms with Crippen LogP contribution in [-0.2, 0) is 9.84 Å². The lowest BCUT2D eigenvalue weighted by Crippen LogP contribution is -2.09. The van der Waals surface area contributed by atoms with Crippen LogP contribution in [0.4, 0.5) is 0 Å². The van der Waals surface area contributed by atoms with E-state index in [0.29, 0.717) is 17.9 Å². The Morgan fingerprint density at radius 2 is 2.12 bits per heavy atom. The normalized spacial score (nSPS) is 13.7. The average Bonchev–Trinajstić information content (AvgIpc) is 2.16. The van der Waals surface area contributed by atoms with E-state index in [1.165, 1.54) is 12.1 Å². The molecule has 0 fully saturated rings. The van der Waals surface area contributed by atoms with Crippen molar-refractivity contribution in [2.45, 2.75) is 30.8 Å². The summed E-state index contributed by atoms with van der Waals surface area (Å²) in [6.45, 7) is 1.64. The first-order valence-electron chi connectivity index (χ1n) is 5.08. The molecule has 0 spiro atoms. The number of aliphatic hydroxyl groups excluding tert-OH is 1. The summed E-state index contributed by atoms with van der Waals surface area (Å²) in [5, 5.41) is 9.46. The van der Waals surface area contributed by atoms with Crippen LogP contribution in [0, 0.1) is 0 Å². The van der Waals surface area contributed by atoms with Gasteiger partial charge in [0, 0.05) is 5.02 Å². The quantitative estimate of drug-likeness (QED) is 0.886. The molecule has 1 aromatic carbocycles. The van der Waals surface area contributed by atoms with Crippen molar-refractivity contribution >= 4 is 21.4 Å². The Labute approximate surface area is 101 Å². The molecule has 0 radical (unpaired) electrons. The van der Waals surface area contributed by atoms with Crippen molar-refractivity contribution in [1.29, 1.82) is 0 Å². The average molecular weight is 263 g/mol. The minimum absolute atomic E-state index is 0.0399. The summed E-state index contributed by atoms with van der Waals surface area (Å²) in [6, 6.07) is 6.23. The van der Waals surface area contributed by atoms with E-state index in [2.05, 4.69) is 0 Å². The third-order valence-electron chi connectivity index (χ3n) is 2.19. The lowest BCUT2D eigenvalue weighted by Gasteiger charge is -2.06. The molecule has 0 saturated heterocycles. The molecule has 5 heteroatoms. The third-order valence-corrected chi connectivity index (χ3v) is 4.22. The number of hydrogen-bond acceptors (Lipinski definition) is 3. The monoisotopic (exact) mass is 262 g/mol. The van der Waals surface area contributed by atoms with Crippen molar-refractivity contribution in [3.05, 3.63) is 29.3 Å². The fourth-order valence-electron chi connectivity index (χ4n) is 1.35. The second-order valence-corrected chi connectivity index (χ2v) is 6.31. The molecule has 1 N–H and O–H groups in total. The molecule has 1 atom stereocenters. The fourth-order valence-corrected chi connectivity index (χ4v) is 2.98. The van der Waals surface area contributed by atoms with Gasteiger partial charge in [-0.25, -0.2) is 8.42 Å². The van der Waals surface area contributed by atoms with Crippen LogP contribution in [0.2, 0.25) is 5.02 Å². The van der Waals surface area contributed by atoms with Crippen molar-refractivity contribution in [2.75, 3.05) is 5.75 Å². The van der Waals surface area contributed by atoms with Crippen molar-refractivity contribution in [2.24, 2.45) is 0 Å². The Morgan fingerprint density at radius 3 is 2.69 bits per heavy atom. The van der Waals surface area contributed by atoms with Gasteiger partial charge >= 0.3 is 0 Å². The maximum absolute atomic E-state index is 11.8. The summed E-state index contributed by atoms with van der Waals surface area (Å²) in [5.41, 5.74) is 0. The standard InChI is InChI=1S/C11H15ClO3S/c1-9(13)4-3-7-16(14,15)11-6-2-5-10(12)8-11/h2,5-6,8-9,13H,3-4,7H2,1H3. The fraction of sp³-hybridized carbons (Fsp3) is 0.455. The predicted octanol–water partition coefficient (Wildman–Crippen LogP) is 2.27. The Kier molecular flexibility index (Phi) is 4.77. The first-order chi connectivity index (χ1) is 7.42. The highest BCUT2D eigenvalue weighted by atomic mass is 35.5. The maximum atomic E-state index is 11.8. The van der Waals surface area contributed by atoms with Crippen LogP contribution in [-0.4, -0.2) is 25.4 Å². The van der Waals surface area contributed by atoms with Gasteiger partial charge in [0.1, 0.15) is 0 Å². The zero-order valence-corrected chi connectivity index (χ0v) is 10.6. The molecule has 0 saturated carbocycles. The molecule has 0 aliphatic rings. The molecule has 1 aromatic rings. The zero-order chi connectivity index (χ0) is 12.2. The van der Waals surface area contributed by atoms with E-state index in [0.717, 1.165) is 0 Å². The molecule has 16 heavy (non-hydrogen) atoms. The summed E-state index contributed by atoms with van der Waals surface area (Å²) < 4.78 is 23.7. The van der Waals surface area contributed by atoms with Crippen molar-refractivity contribution < 1.29 is 13.5 Å². The molecule has 0 aliphatic carbocycles. The van der Waals surface area contributed by atoms with Crippen molar-refractivity contribution in [1.82, 2.24) is 0 Å². The number of sulfone groups is 1. The van der Waals surface area contributed by atoms with Gasteiger partial charge in [-0.05, 0) is 38.0 Å². The Balaban J connectivity index is 2.71. The topological polar surface area (TPSA) is 54.4 Å². The molecule has 0 aromatic heterocycles. The molecule has 0 aliphatic heterocycles. The Morgan fingerprint density at radius 1 is 1.44 bits per heavy atom. The number of benzene rings is 1. The Hall–Kier alpha value is -0.580. The lowest BCUT2D eigenvalue weighted by molar-refractivity contribution is 0.184. The molecule has 0 bridgehead atoms. The highest BCUT2D eigenvalue weighted by Crippen LogP contribution is 2.17. The molecule has 3 nitrogen and oxygen atoms in total. The Bertz CT molecular complexity index is 440. The number of hydrogen-bond donors (Lipinski definition) is 1. The SMILES string of the molecule is CC(O)CCCS(=O)(=O)c1cccc(Cl)c1. The highest BCUT2D eigenvalue weighted by molar-refractivity contribution is 7.91. The zero-order valence-electron chi connectivity index (χ0n) is 9.06. The lowest BCUT2D eigenvalue weighted by atomic mass is 10.2. The van der Waals surface area contributed by atoms with Crippen LogP contribution < -0.4 is 0 Å². The molecule has 1 rings (SSSR count). The van der Waals surface area contributed by atoms with Gasteiger partial charge in [0.2, 0.25) is 0 Å². The van der Waals surface area contributed by atoms with Crippen LogP contribution in [0.25, 0.3) is 0 Å². The van der Waals surface area contributed by atoms with Gasteiger partial charge in [-0.3, -0.25) is 0 Å². The van der Waals surface area contributed by atoms with Crippen LogP contribution in [0.1, 0.15) is 19.8 Å². The van der Waals surface area contributed by atoms with Crippen LogP contribution in [0.3, 0.4) is 0 Å². The first-order valence-corrected chi connectivity index (χ1v) is 7.11. The highest BCUT2D eigenvalue weighted by Gasteiger charge is 2.14. The number of rotatable bonds is 5. The van der Waals surface area contributed by atoms with E-state index in [-0.39, 0.29) is 10.6 Å². The van der Waals surface area contributed by atoms with Gasteiger partial charge in [-0.1, -0.05) is 17.7 Å². The smallest absolute Gasteiger partial charge is 0.178 e. The third kappa shape index (κ3) is 4.12. The van der Waals surface area contributed by atoms with E-state index >= 15 is 0 Å². The van der Waals surface area contributed by atoms with Crippen LogP contribution >= 0.6 is 11.6 Å². The van der Waals surface area contributed by atoms with Gasteiger partial charge in [-0.15, -0.1) is 0 Å². The molecule has 1 unspecified atom stereocenters. The predicted molar refractivity (Wildman–Crippen MR) is 64.4 cm³/mol. The van der Waals surface area contributed by atoms with Crippen LogP contribution in [0.5, 0.6) is 0 Å². The van der Waals surface area contributed by atoms with E-state index < -0.39 is 15.9 Å². The second-order valence-electron chi connectivity index (χ2n) is 3.77. The van der Waals surface area contributed by atoms with E-state index in [1.807, 2.05) is 0 Å². The molecule has 0 heterocycles. The maximum Gasteiger partial charge on any atom is 0.178 e. The molecular weight excluding hydrogens is 248 g/mol. The van der Waals surface area contributed by atoms with Crippen LogP contribution in [0.15, 0.2) is 29.2 Å². The largest absolute Gasteiger partial charge is 0.393 e. The molecular formula is C11H15ClO3S. The number of aliphatic hydroxyl groups is 1. The minimum Gasteiger partial charge on any atom is -0.393 e.